The third-order valence-electron chi connectivity index (χ3n) is 4.72. The summed E-state index contributed by atoms with van der Waals surface area (Å²) in [6.45, 7) is 2.31. The summed E-state index contributed by atoms with van der Waals surface area (Å²) in [5.41, 5.74) is 0.392. The third-order valence-corrected chi connectivity index (χ3v) is 4.72. The van der Waals surface area contributed by atoms with Crippen molar-refractivity contribution in [2.45, 2.75) is 44.5 Å². The second-order valence-electron chi connectivity index (χ2n) is 6.56. The number of carbonyl (C=O) groups is 1. The number of benzene rings is 1. The Bertz CT molecular complexity index is 923. The van der Waals surface area contributed by atoms with Gasteiger partial charge >= 0.3 is 5.63 Å². The Morgan fingerprint density at radius 1 is 1.22 bits per heavy atom. The highest BCUT2D eigenvalue weighted by Gasteiger charge is 2.43. The van der Waals surface area contributed by atoms with Crippen LogP contribution in [-0.4, -0.2) is 63.5 Å². The zero-order valence-electron chi connectivity index (χ0n) is 14.7. The van der Waals surface area contributed by atoms with E-state index in [1.165, 1.54) is 19.9 Å². The van der Waals surface area contributed by atoms with E-state index in [1.54, 1.807) is 12.1 Å². The number of ketones is 1. The summed E-state index contributed by atoms with van der Waals surface area (Å²) in [5, 5.41) is 42.6. The van der Waals surface area contributed by atoms with Gasteiger partial charge in [0.15, 0.2) is 12.1 Å². The molecule has 146 valence electrons. The molecule has 27 heavy (non-hydrogen) atoms. The number of nitrogens with one attached hydrogen (secondary N) is 1. The van der Waals surface area contributed by atoms with E-state index < -0.39 is 42.9 Å². The maximum Gasteiger partial charge on any atom is 0.339 e. The summed E-state index contributed by atoms with van der Waals surface area (Å²) in [7, 11) is 0. The number of carbonyl (C=O) groups excluding carboxylic acids is 1. The van der Waals surface area contributed by atoms with E-state index in [4.69, 9.17) is 14.3 Å². The van der Waals surface area contributed by atoms with Crippen LogP contribution >= 0.6 is 0 Å². The molecule has 1 fully saturated rings. The van der Waals surface area contributed by atoms with Crippen LogP contribution in [-0.2, 0) is 4.74 Å². The molecular weight excluding hydrogens is 358 g/mol. The number of Topliss-reactive ketones (excluding diaryl/α,β-unsaturated/α-hetero) is 1. The molecule has 0 aliphatic carbocycles. The van der Waals surface area contributed by atoms with Gasteiger partial charge in [0.1, 0.15) is 29.9 Å². The van der Waals surface area contributed by atoms with Crippen molar-refractivity contribution in [3.63, 3.8) is 0 Å². The first-order valence-corrected chi connectivity index (χ1v) is 8.40. The van der Waals surface area contributed by atoms with Gasteiger partial charge in [-0.1, -0.05) is 0 Å². The molecule has 0 spiro atoms. The van der Waals surface area contributed by atoms with Crippen molar-refractivity contribution >= 4 is 22.4 Å². The van der Waals surface area contributed by atoms with Gasteiger partial charge in [-0.15, -0.1) is 0 Å². The van der Waals surface area contributed by atoms with Gasteiger partial charge in [-0.25, -0.2) is 4.79 Å². The van der Waals surface area contributed by atoms with Crippen molar-refractivity contribution < 1.29 is 34.4 Å². The van der Waals surface area contributed by atoms with Crippen LogP contribution in [0.15, 0.2) is 27.4 Å². The average Bonchev–Trinajstić information content (AvgIpc) is 2.62. The SMILES string of the molecule is CC(=O)c1c(C)c(=O)oc2cc(NC3[C@H](O)OC(CO)[C@@H](O)[C@@H]3O)ccc12. The maximum absolute atomic E-state index is 12.0. The number of anilines is 1. The Kier molecular flexibility index (Phi) is 5.31. The normalized spacial score (nSPS) is 28.3. The van der Waals surface area contributed by atoms with Crippen LogP contribution in [0, 0.1) is 6.92 Å². The lowest BCUT2D eigenvalue weighted by atomic mass is 9.96. The highest BCUT2D eigenvalue weighted by atomic mass is 16.6. The van der Waals surface area contributed by atoms with Crippen LogP contribution in [0.3, 0.4) is 0 Å². The van der Waals surface area contributed by atoms with Crippen molar-refractivity contribution in [1.29, 1.82) is 0 Å². The summed E-state index contributed by atoms with van der Waals surface area (Å²) in [4.78, 5) is 23.9. The molecule has 0 saturated carbocycles. The smallest absolute Gasteiger partial charge is 0.339 e. The molecule has 1 aromatic heterocycles. The van der Waals surface area contributed by atoms with E-state index in [0.717, 1.165) is 0 Å². The first kappa shape index (κ1) is 19.5. The molecule has 0 amide bonds. The summed E-state index contributed by atoms with van der Waals surface area (Å²) in [6, 6.07) is 3.52. The van der Waals surface area contributed by atoms with Crippen LogP contribution in [0.5, 0.6) is 0 Å². The van der Waals surface area contributed by atoms with Crippen molar-refractivity contribution in [3.8, 4) is 0 Å². The molecule has 2 unspecified atom stereocenters. The van der Waals surface area contributed by atoms with Crippen LogP contribution in [0.4, 0.5) is 5.69 Å². The number of aliphatic hydroxyl groups excluding tert-OH is 4. The van der Waals surface area contributed by atoms with Gasteiger partial charge in [0.2, 0.25) is 0 Å². The van der Waals surface area contributed by atoms with E-state index >= 15 is 0 Å². The zero-order chi connectivity index (χ0) is 19.9. The maximum atomic E-state index is 12.0. The minimum absolute atomic E-state index is 0.162. The molecule has 9 nitrogen and oxygen atoms in total. The van der Waals surface area contributed by atoms with Crippen molar-refractivity contribution in [2.75, 3.05) is 11.9 Å². The van der Waals surface area contributed by atoms with Gasteiger partial charge in [0.25, 0.3) is 0 Å². The second kappa shape index (κ2) is 7.37. The van der Waals surface area contributed by atoms with E-state index in [-0.39, 0.29) is 22.5 Å². The molecule has 2 heterocycles. The molecule has 1 aromatic carbocycles. The van der Waals surface area contributed by atoms with Crippen LogP contribution in [0.2, 0.25) is 0 Å². The number of fused-ring (bicyclic) bond motifs is 1. The molecule has 1 aliphatic heterocycles. The van der Waals surface area contributed by atoms with Crippen LogP contribution in [0.25, 0.3) is 11.0 Å². The fraction of sp³-hybridized carbons (Fsp3) is 0.444. The zero-order valence-corrected chi connectivity index (χ0v) is 14.7. The van der Waals surface area contributed by atoms with E-state index in [0.29, 0.717) is 11.1 Å². The van der Waals surface area contributed by atoms with Gasteiger partial charge in [-0.3, -0.25) is 4.79 Å². The fourth-order valence-corrected chi connectivity index (χ4v) is 3.28. The quantitative estimate of drug-likeness (QED) is 0.350. The number of ether oxygens (including phenoxy) is 1. The minimum atomic E-state index is -1.49. The topological polar surface area (TPSA) is 149 Å². The first-order valence-electron chi connectivity index (χ1n) is 8.40. The Balaban J connectivity index is 1.96. The molecule has 5 atom stereocenters. The Labute approximate surface area is 153 Å². The molecule has 3 rings (SSSR count). The highest BCUT2D eigenvalue weighted by molar-refractivity contribution is 6.07. The van der Waals surface area contributed by atoms with Gasteiger partial charge in [-0.2, -0.15) is 0 Å². The molecule has 5 N–H and O–H groups in total. The largest absolute Gasteiger partial charge is 0.422 e. The van der Waals surface area contributed by atoms with Crippen molar-refractivity contribution in [1.82, 2.24) is 0 Å². The first-order chi connectivity index (χ1) is 12.7. The second-order valence-corrected chi connectivity index (χ2v) is 6.56. The third kappa shape index (κ3) is 3.47. The highest BCUT2D eigenvalue weighted by Crippen LogP contribution is 2.27. The monoisotopic (exact) mass is 379 g/mol. The minimum Gasteiger partial charge on any atom is -0.422 e. The summed E-state index contributed by atoms with van der Waals surface area (Å²) < 4.78 is 10.3. The fourth-order valence-electron chi connectivity index (χ4n) is 3.28. The Hall–Kier alpha value is -2.30. The van der Waals surface area contributed by atoms with E-state index in [1.807, 2.05) is 0 Å². The number of hydrogen-bond acceptors (Lipinski definition) is 9. The van der Waals surface area contributed by atoms with E-state index in [9.17, 15) is 24.9 Å². The van der Waals surface area contributed by atoms with Crippen molar-refractivity contribution in [3.05, 3.63) is 39.7 Å². The van der Waals surface area contributed by atoms with Gasteiger partial charge < -0.3 is 34.9 Å². The predicted molar refractivity (Wildman–Crippen MR) is 94.6 cm³/mol. The average molecular weight is 379 g/mol. The van der Waals surface area contributed by atoms with Gasteiger partial charge in [0.05, 0.1) is 6.61 Å². The molecule has 0 radical (unpaired) electrons. The Morgan fingerprint density at radius 3 is 2.56 bits per heavy atom. The molecule has 9 heteroatoms. The lowest BCUT2D eigenvalue weighted by Gasteiger charge is -2.40. The lowest BCUT2D eigenvalue weighted by molar-refractivity contribution is -0.245. The van der Waals surface area contributed by atoms with Crippen LogP contribution in [0.1, 0.15) is 22.8 Å². The van der Waals surface area contributed by atoms with Gasteiger partial charge in [-0.05, 0) is 26.0 Å². The lowest BCUT2D eigenvalue weighted by Crippen LogP contribution is -2.61. The van der Waals surface area contributed by atoms with Crippen molar-refractivity contribution in [2.24, 2.45) is 0 Å². The number of aliphatic hydroxyl groups is 4. The van der Waals surface area contributed by atoms with E-state index in [2.05, 4.69) is 5.32 Å². The predicted octanol–water partition coefficient (Wildman–Crippen LogP) is -0.484. The number of hydrogen-bond donors (Lipinski definition) is 5. The number of rotatable bonds is 4. The molecule has 0 bridgehead atoms. The molecular formula is C18H21NO8. The van der Waals surface area contributed by atoms with Crippen LogP contribution < -0.4 is 10.9 Å². The molecule has 1 saturated heterocycles. The summed E-state index contributed by atoms with van der Waals surface area (Å²) >= 11 is 0. The summed E-state index contributed by atoms with van der Waals surface area (Å²) in [6.07, 6.45) is -5.42. The van der Waals surface area contributed by atoms with Gasteiger partial charge in [0, 0.05) is 28.3 Å². The molecule has 2 aromatic rings. The standard InChI is InChI=1S/C18H21NO8/c1-7-13(8(2)21)10-4-3-9(5-11(10)26-17(7)24)19-14-16(23)15(22)12(6-20)27-18(14)25/h3-5,12,14-16,18-20,22-23,25H,6H2,1-2H3/t12?,14?,15-,16-,18-/m1/s1. The molecule has 1 aliphatic rings. The summed E-state index contributed by atoms with van der Waals surface area (Å²) in [5.74, 6) is -0.268. The Morgan fingerprint density at radius 2 is 1.93 bits per heavy atom.